The van der Waals surface area contributed by atoms with Gasteiger partial charge in [0, 0.05) is 0 Å². The van der Waals surface area contributed by atoms with Crippen LogP contribution in [-0.4, -0.2) is 35.7 Å². The predicted octanol–water partition coefficient (Wildman–Crippen LogP) is 3.62. The molecule has 1 heterocycles. The van der Waals surface area contributed by atoms with Crippen LogP contribution in [0.25, 0.3) is 0 Å². The molecular formula is C21H23IN2O4. The van der Waals surface area contributed by atoms with Gasteiger partial charge in [0.1, 0.15) is 5.60 Å². The molecule has 0 spiro atoms. The number of carbonyl (C=O) groups excluding carboxylic acids is 2. The van der Waals surface area contributed by atoms with Crippen LogP contribution in [0.5, 0.6) is 11.5 Å². The van der Waals surface area contributed by atoms with Crippen molar-refractivity contribution in [3.63, 3.8) is 0 Å². The Balaban J connectivity index is 1.58. The van der Waals surface area contributed by atoms with E-state index >= 15 is 0 Å². The highest BCUT2D eigenvalue weighted by atomic mass is 127. The van der Waals surface area contributed by atoms with Crippen LogP contribution in [-0.2, 0) is 9.59 Å². The Morgan fingerprint density at radius 2 is 1.75 bits per heavy atom. The molecule has 2 bridgehead atoms. The van der Waals surface area contributed by atoms with Crippen LogP contribution in [0.2, 0.25) is 0 Å². The standard InChI is InChI=1S/C21H23IN2O4/c1-21(2,3)28-18-14(22)7-11(8-15(18)27-4)10-23-24-19(25)16-12-5-6-13(9-12)17(16)20(24)26/h5-8,10,12-13,16-17H,9H2,1-4H3/t12-,13-,16-,17+/m0/s1. The molecule has 1 aliphatic heterocycles. The van der Waals surface area contributed by atoms with Crippen LogP contribution < -0.4 is 9.47 Å². The Hall–Kier alpha value is -1.90. The number of fused-ring (bicyclic) bond motifs is 5. The first-order chi connectivity index (χ1) is 13.2. The van der Waals surface area contributed by atoms with Gasteiger partial charge in [-0.3, -0.25) is 9.59 Å². The first kappa shape index (κ1) is 19.4. The van der Waals surface area contributed by atoms with Gasteiger partial charge >= 0.3 is 0 Å². The number of amides is 2. The summed E-state index contributed by atoms with van der Waals surface area (Å²) in [6, 6.07) is 3.69. The molecule has 6 nitrogen and oxygen atoms in total. The van der Waals surface area contributed by atoms with E-state index in [-0.39, 0.29) is 41.1 Å². The van der Waals surface area contributed by atoms with Crippen molar-refractivity contribution in [1.82, 2.24) is 5.01 Å². The van der Waals surface area contributed by atoms with Crippen molar-refractivity contribution in [3.8, 4) is 11.5 Å². The minimum Gasteiger partial charge on any atom is -0.493 e. The van der Waals surface area contributed by atoms with Gasteiger partial charge in [0.25, 0.3) is 11.8 Å². The number of allylic oxidation sites excluding steroid dienone is 2. The first-order valence-electron chi connectivity index (χ1n) is 9.36. The summed E-state index contributed by atoms with van der Waals surface area (Å²) in [7, 11) is 1.58. The normalized spacial score (nSPS) is 28.5. The summed E-state index contributed by atoms with van der Waals surface area (Å²) in [5, 5.41) is 5.29. The van der Waals surface area contributed by atoms with Crippen molar-refractivity contribution >= 4 is 40.6 Å². The van der Waals surface area contributed by atoms with E-state index in [2.05, 4.69) is 39.8 Å². The number of carbonyl (C=O) groups is 2. The van der Waals surface area contributed by atoms with Gasteiger partial charge in [-0.15, -0.1) is 0 Å². The smallest absolute Gasteiger partial charge is 0.254 e. The summed E-state index contributed by atoms with van der Waals surface area (Å²) < 4.78 is 12.3. The van der Waals surface area contributed by atoms with Crippen LogP contribution in [0, 0.1) is 27.2 Å². The molecule has 0 N–H and O–H groups in total. The third kappa shape index (κ3) is 3.23. The average molecular weight is 494 g/mol. The fraction of sp³-hybridized carbons (Fsp3) is 0.476. The number of nitrogens with zero attached hydrogens (tertiary/aromatic N) is 2. The molecule has 3 aliphatic rings. The molecule has 28 heavy (non-hydrogen) atoms. The van der Waals surface area contributed by atoms with E-state index in [1.807, 2.05) is 26.8 Å². The van der Waals surface area contributed by atoms with Gasteiger partial charge in [-0.05, 0) is 79.3 Å². The highest BCUT2D eigenvalue weighted by Gasteiger charge is 2.59. The summed E-state index contributed by atoms with van der Waals surface area (Å²) in [6.07, 6.45) is 6.60. The van der Waals surface area contributed by atoms with Crippen LogP contribution in [0.1, 0.15) is 32.8 Å². The fourth-order valence-corrected chi connectivity index (χ4v) is 5.08. The molecule has 2 amide bonds. The quantitative estimate of drug-likeness (QED) is 0.278. The molecule has 0 radical (unpaired) electrons. The number of benzene rings is 1. The van der Waals surface area contributed by atoms with Crippen molar-refractivity contribution < 1.29 is 19.1 Å². The van der Waals surface area contributed by atoms with Crippen LogP contribution >= 0.6 is 22.6 Å². The topological polar surface area (TPSA) is 68.2 Å². The van der Waals surface area contributed by atoms with Crippen molar-refractivity contribution in [2.45, 2.75) is 32.8 Å². The monoisotopic (exact) mass is 494 g/mol. The molecule has 1 aromatic carbocycles. The number of ether oxygens (including phenoxy) is 2. The Kier molecular flexibility index (Phi) is 4.76. The zero-order valence-corrected chi connectivity index (χ0v) is 18.5. The predicted molar refractivity (Wildman–Crippen MR) is 113 cm³/mol. The minimum absolute atomic E-state index is 0.182. The van der Waals surface area contributed by atoms with Crippen LogP contribution in [0.15, 0.2) is 29.4 Å². The van der Waals surface area contributed by atoms with E-state index in [4.69, 9.17) is 9.47 Å². The molecule has 2 fully saturated rings. The molecule has 148 valence electrons. The lowest BCUT2D eigenvalue weighted by Gasteiger charge is -2.24. The molecule has 2 aliphatic carbocycles. The van der Waals surface area contributed by atoms with E-state index in [1.54, 1.807) is 13.2 Å². The Labute approximate surface area is 178 Å². The van der Waals surface area contributed by atoms with E-state index in [9.17, 15) is 9.59 Å². The first-order valence-corrected chi connectivity index (χ1v) is 10.4. The lowest BCUT2D eigenvalue weighted by molar-refractivity contribution is -0.140. The van der Waals surface area contributed by atoms with Gasteiger partial charge in [0.05, 0.1) is 28.7 Å². The van der Waals surface area contributed by atoms with Gasteiger partial charge in [0.15, 0.2) is 11.5 Å². The maximum Gasteiger partial charge on any atom is 0.254 e. The second kappa shape index (κ2) is 6.86. The number of imide groups is 1. The molecule has 4 rings (SSSR count). The maximum atomic E-state index is 12.7. The largest absolute Gasteiger partial charge is 0.493 e. The summed E-state index contributed by atoms with van der Waals surface area (Å²) in [5.74, 6) is 0.770. The van der Waals surface area contributed by atoms with E-state index in [1.165, 1.54) is 6.21 Å². The van der Waals surface area contributed by atoms with Gasteiger partial charge in [-0.1, -0.05) is 12.2 Å². The molecule has 0 aromatic heterocycles. The van der Waals surface area contributed by atoms with Crippen molar-refractivity contribution in [2.24, 2.45) is 28.8 Å². The SMILES string of the molecule is COc1cc(C=NN2C(=O)[C@@H]3[C@H](C2=O)[C@H]2C=C[C@H]3C2)cc(I)c1OC(C)(C)C. The number of hydrazone groups is 1. The molecule has 0 unspecified atom stereocenters. The summed E-state index contributed by atoms with van der Waals surface area (Å²) in [6.45, 7) is 5.92. The third-order valence-electron chi connectivity index (χ3n) is 5.43. The second-order valence-electron chi connectivity index (χ2n) is 8.48. The highest BCUT2D eigenvalue weighted by molar-refractivity contribution is 14.1. The number of rotatable bonds is 4. The summed E-state index contributed by atoms with van der Waals surface area (Å²) in [5.41, 5.74) is 0.379. The van der Waals surface area contributed by atoms with Gasteiger partial charge in [0.2, 0.25) is 0 Å². The fourth-order valence-electron chi connectivity index (χ4n) is 4.34. The third-order valence-corrected chi connectivity index (χ3v) is 6.23. The molecule has 1 saturated carbocycles. The summed E-state index contributed by atoms with van der Waals surface area (Å²) >= 11 is 2.18. The average Bonchev–Trinajstić information content (AvgIpc) is 3.29. The van der Waals surface area contributed by atoms with Crippen LogP contribution in [0.4, 0.5) is 0 Å². The zero-order valence-electron chi connectivity index (χ0n) is 16.3. The molecule has 1 saturated heterocycles. The molecule has 1 aromatic rings. The van der Waals surface area contributed by atoms with Crippen molar-refractivity contribution in [2.75, 3.05) is 7.11 Å². The highest BCUT2D eigenvalue weighted by Crippen LogP contribution is 2.52. The zero-order chi connectivity index (χ0) is 20.2. The number of hydrogen-bond donors (Lipinski definition) is 0. The number of hydrogen-bond acceptors (Lipinski definition) is 5. The molecule has 4 atom stereocenters. The number of methoxy groups -OCH3 is 1. The lowest BCUT2D eigenvalue weighted by atomic mass is 9.85. The van der Waals surface area contributed by atoms with Gasteiger partial charge in [-0.25, -0.2) is 0 Å². The lowest BCUT2D eigenvalue weighted by Crippen LogP contribution is -2.28. The van der Waals surface area contributed by atoms with E-state index in [0.29, 0.717) is 11.5 Å². The number of halogens is 1. The Morgan fingerprint density at radius 3 is 2.29 bits per heavy atom. The second-order valence-corrected chi connectivity index (χ2v) is 9.64. The minimum atomic E-state index is -0.359. The van der Waals surface area contributed by atoms with Gasteiger partial charge in [-0.2, -0.15) is 10.1 Å². The maximum absolute atomic E-state index is 12.7. The van der Waals surface area contributed by atoms with Crippen molar-refractivity contribution in [3.05, 3.63) is 33.4 Å². The molecular weight excluding hydrogens is 471 g/mol. The Bertz CT molecular complexity index is 872. The van der Waals surface area contributed by atoms with E-state index < -0.39 is 0 Å². The Morgan fingerprint density at radius 1 is 1.14 bits per heavy atom. The summed E-state index contributed by atoms with van der Waals surface area (Å²) in [4.78, 5) is 25.4. The molecule has 7 heteroatoms. The van der Waals surface area contributed by atoms with Crippen LogP contribution in [0.3, 0.4) is 0 Å². The van der Waals surface area contributed by atoms with Crippen molar-refractivity contribution in [1.29, 1.82) is 0 Å². The van der Waals surface area contributed by atoms with Gasteiger partial charge < -0.3 is 9.47 Å². The van der Waals surface area contributed by atoms with E-state index in [0.717, 1.165) is 20.6 Å².